The van der Waals surface area contributed by atoms with Crippen molar-refractivity contribution >= 4 is 5.91 Å². The first-order valence-corrected chi connectivity index (χ1v) is 3.36. The summed E-state index contributed by atoms with van der Waals surface area (Å²) >= 11 is 0. The lowest BCUT2D eigenvalue weighted by atomic mass is 9.98. The lowest BCUT2D eigenvalue weighted by molar-refractivity contribution is -0.117. The molecule has 1 aliphatic rings. The van der Waals surface area contributed by atoms with E-state index >= 15 is 0 Å². The molecule has 10 heavy (non-hydrogen) atoms. The maximum absolute atomic E-state index is 11.0. The van der Waals surface area contributed by atoms with Gasteiger partial charge >= 0.3 is 0 Å². The zero-order valence-corrected chi connectivity index (χ0v) is 6.11. The minimum absolute atomic E-state index is 0.0127. The van der Waals surface area contributed by atoms with E-state index in [-0.39, 0.29) is 5.91 Å². The Labute approximate surface area is 60.6 Å². The van der Waals surface area contributed by atoms with E-state index in [2.05, 4.69) is 11.9 Å². The summed E-state index contributed by atoms with van der Waals surface area (Å²) in [7, 11) is 0. The predicted molar refractivity (Wildman–Crippen MR) is 40.3 cm³/mol. The molecule has 1 N–H and O–H groups in total. The van der Waals surface area contributed by atoms with Crippen LogP contribution >= 0.6 is 0 Å². The molecule has 0 saturated carbocycles. The monoisotopic (exact) mass is 137 g/mol. The third kappa shape index (κ3) is 1.47. The Bertz CT molecular complexity index is 203. The first-order chi connectivity index (χ1) is 4.70. The molecule has 54 valence electrons. The van der Waals surface area contributed by atoms with E-state index in [1.165, 1.54) is 0 Å². The third-order valence-electron chi connectivity index (χ3n) is 1.42. The largest absolute Gasteiger partial charge is 0.327 e. The molecule has 2 nitrogen and oxygen atoms in total. The molecule has 2 heteroatoms. The van der Waals surface area contributed by atoms with Crippen molar-refractivity contribution in [2.75, 3.05) is 0 Å². The molecule has 0 saturated heterocycles. The van der Waals surface area contributed by atoms with E-state index < -0.39 is 0 Å². The number of allylic oxidation sites excluding steroid dienone is 2. The van der Waals surface area contributed by atoms with Gasteiger partial charge in [-0.25, -0.2) is 0 Å². The predicted octanol–water partition coefficient (Wildman–Crippen LogP) is 1.36. The summed E-state index contributed by atoms with van der Waals surface area (Å²) in [5.41, 5.74) is 1.60. The Balaban J connectivity index is 2.42. The number of carbonyl (C=O) groups excluding carboxylic acids is 1. The number of hydrogen-bond donors (Lipinski definition) is 1. The van der Waals surface area contributed by atoms with Gasteiger partial charge in [0, 0.05) is 11.3 Å². The van der Waals surface area contributed by atoms with Crippen molar-refractivity contribution in [3.63, 3.8) is 0 Å². The van der Waals surface area contributed by atoms with Crippen LogP contribution in [-0.2, 0) is 4.79 Å². The Kier molecular flexibility index (Phi) is 1.90. The van der Waals surface area contributed by atoms with Crippen molar-refractivity contribution in [1.82, 2.24) is 5.32 Å². The van der Waals surface area contributed by atoms with Crippen LogP contribution in [-0.4, -0.2) is 5.91 Å². The van der Waals surface area contributed by atoms with Crippen LogP contribution in [0.3, 0.4) is 0 Å². The van der Waals surface area contributed by atoms with Crippen molar-refractivity contribution in [2.45, 2.75) is 19.8 Å². The molecule has 1 amide bonds. The van der Waals surface area contributed by atoms with Crippen LogP contribution in [0.2, 0.25) is 0 Å². The molecular weight excluding hydrogens is 126 g/mol. The molecule has 1 aliphatic carbocycles. The van der Waals surface area contributed by atoms with Gasteiger partial charge in [0.05, 0.1) is 0 Å². The Hall–Kier alpha value is -1.05. The van der Waals surface area contributed by atoms with Gasteiger partial charge in [0.1, 0.15) is 0 Å². The zero-order chi connectivity index (χ0) is 7.56. The molecular formula is C8H11NO. The Morgan fingerprint density at radius 1 is 1.80 bits per heavy atom. The van der Waals surface area contributed by atoms with Gasteiger partial charge in [-0.3, -0.25) is 4.79 Å². The lowest BCUT2D eigenvalue weighted by Crippen LogP contribution is -2.24. The van der Waals surface area contributed by atoms with Gasteiger partial charge in [-0.1, -0.05) is 12.7 Å². The second-order valence-electron chi connectivity index (χ2n) is 2.50. The topological polar surface area (TPSA) is 29.1 Å². The van der Waals surface area contributed by atoms with Crippen LogP contribution < -0.4 is 5.32 Å². The van der Waals surface area contributed by atoms with E-state index in [1.807, 2.05) is 6.08 Å². The van der Waals surface area contributed by atoms with Crippen LogP contribution in [0.1, 0.15) is 19.8 Å². The van der Waals surface area contributed by atoms with Crippen molar-refractivity contribution in [3.05, 3.63) is 23.9 Å². The molecule has 0 heterocycles. The average Bonchev–Trinajstić information content (AvgIpc) is 1.55. The minimum Gasteiger partial charge on any atom is -0.327 e. The summed E-state index contributed by atoms with van der Waals surface area (Å²) in [5.74, 6) is 0.0127. The molecule has 0 aliphatic heterocycles. The van der Waals surface area contributed by atoms with Crippen molar-refractivity contribution < 1.29 is 4.79 Å². The highest BCUT2D eigenvalue weighted by atomic mass is 16.1. The fraction of sp³-hybridized carbons (Fsp3) is 0.375. The summed E-state index contributed by atoms with van der Waals surface area (Å²) in [6.07, 6.45) is 3.90. The summed E-state index contributed by atoms with van der Waals surface area (Å²) in [6.45, 7) is 5.35. The maximum atomic E-state index is 11.0. The van der Waals surface area contributed by atoms with Crippen molar-refractivity contribution in [2.24, 2.45) is 0 Å². The second kappa shape index (κ2) is 2.69. The summed E-state index contributed by atoms with van der Waals surface area (Å²) < 4.78 is 0. The quantitative estimate of drug-likeness (QED) is 0.611. The van der Waals surface area contributed by atoms with Crippen molar-refractivity contribution in [1.29, 1.82) is 0 Å². The summed E-state index contributed by atoms with van der Waals surface area (Å²) in [4.78, 5) is 11.0. The van der Waals surface area contributed by atoms with Crippen LogP contribution in [0.25, 0.3) is 0 Å². The van der Waals surface area contributed by atoms with Crippen LogP contribution in [0.4, 0.5) is 0 Å². The summed E-state index contributed by atoms with van der Waals surface area (Å²) in [5, 5.41) is 2.64. The van der Waals surface area contributed by atoms with E-state index in [4.69, 9.17) is 0 Å². The highest BCUT2D eigenvalue weighted by molar-refractivity contribution is 5.95. The molecule has 0 aromatic carbocycles. The number of amides is 1. The highest BCUT2D eigenvalue weighted by Gasteiger charge is 2.13. The van der Waals surface area contributed by atoms with E-state index in [9.17, 15) is 4.79 Å². The van der Waals surface area contributed by atoms with Gasteiger partial charge in [-0.15, -0.1) is 0 Å². The molecule has 1 rings (SSSR count). The standard InChI is InChI=1S/C8H11NO/c1-6(2)9-8(10)7-4-3-5-7/h4H,1,3,5H2,2H3,(H,9,10). The number of carbonyl (C=O) groups is 1. The second-order valence-corrected chi connectivity index (χ2v) is 2.50. The summed E-state index contributed by atoms with van der Waals surface area (Å²) in [6, 6.07) is 0. The van der Waals surface area contributed by atoms with Gasteiger partial charge in [-0.2, -0.15) is 0 Å². The van der Waals surface area contributed by atoms with Crippen LogP contribution in [0.5, 0.6) is 0 Å². The first kappa shape index (κ1) is 7.06. The fourth-order valence-corrected chi connectivity index (χ4v) is 0.769. The normalized spacial score (nSPS) is 15.1. The third-order valence-corrected chi connectivity index (χ3v) is 1.42. The zero-order valence-electron chi connectivity index (χ0n) is 6.11. The highest BCUT2D eigenvalue weighted by Crippen LogP contribution is 2.17. The molecule has 0 aromatic heterocycles. The molecule has 0 spiro atoms. The smallest absolute Gasteiger partial charge is 0.250 e. The SMILES string of the molecule is C=C(C)NC(=O)C1=CCC1. The number of hydrogen-bond acceptors (Lipinski definition) is 1. The van der Waals surface area contributed by atoms with Crippen LogP contribution in [0.15, 0.2) is 23.9 Å². The molecule has 0 radical (unpaired) electrons. The molecule has 0 unspecified atom stereocenters. The van der Waals surface area contributed by atoms with Gasteiger partial charge in [-0.05, 0) is 19.8 Å². The fourth-order valence-electron chi connectivity index (χ4n) is 0.769. The van der Waals surface area contributed by atoms with Gasteiger partial charge in [0.25, 0.3) is 5.91 Å². The molecule has 0 bridgehead atoms. The first-order valence-electron chi connectivity index (χ1n) is 3.36. The van der Waals surface area contributed by atoms with E-state index in [0.717, 1.165) is 18.4 Å². The van der Waals surface area contributed by atoms with Gasteiger partial charge in [0.15, 0.2) is 0 Å². The van der Waals surface area contributed by atoms with E-state index in [0.29, 0.717) is 5.70 Å². The number of nitrogens with one attached hydrogen (secondary N) is 1. The van der Waals surface area contributed by atoms with Crippen LogP contribution in [0, 0.1) is 0 Å². The van der Waals surface area contributed by atoms with E-state index in [1.54, 1.807) is 6.92 Å². The van der Waals surface area contributed by atoms with Gasteiger partial charge in [0.2, 0.25) is 0 Å². The Morgan fingerprint density at radius 3 is 2.70 bits per heavy atom. The molecule has 0 fully saturated rings. The van der Waals surface area contributed by atoms with Crippen molar-refractivity contribution in [3.8, 4) is 0 Å². The lowest BCUT2D eigenvalue weighted by Gasteiger charge is -2.13. The van der Waals surface area contributed by atoms with Gasteiger partial charge < -0.3 is 5.32 Å². The number of rotatable bonds is 2. The molecule has 0 atom stereocenters. The molecule has 0 aromatic rings. The average molecular weight is 137 g/mol. The maximum Gasteiger partial charge on any atom is 0.250 e. The minimum atomic E-state index is 0.0127. The Morgan fingerprint density at radius 2 is 2.40 bits per heavy atom.